The van der Waals surface area contributed by atoms with Gasteiger partial charge in [0.05, 0.1) is 6.42 Å². The Labute approximate surface area is 109 Å². The molecule has 1 aromatic carbocycles. The first-order valence-electron chi connectivity index (χ1n) is 4.35. The minimum absolute atomic E-state index is 0. The molecule has 0 fully saturated rings. The molecule has 0 saturated heterocycles. The van der Waals surface area contributed by atoms with Crippen LogP contribution < -0.4 is 18.9 Å². The van der Waals surface area contributed by atoms with Crippen LogP contribution in [0.2, 0.25) is 0 Å². The number of rotatable bonds is 3. The second-order valence-electron chi connectivity index (χ2n) is 2.97. The number of benzene rings is 1. The molecule has 2 rings (SSSR count). The fraction of sp³-hybridized carbons (Fsp3) is 0.100. The van der Waals surface area contributed by atoms with Crippen LogP contribution in [0.3, 0.4) is 0 Å². The minimum Gasteiger partial charge on any atom is -0.870 e. The Morgan fingerprint density at radius 2 is 1.88 bits per heavy atom. The maximum Gasteiger partial charge on any atom is 1.00 e. The summed E-state index contributed by atoms with van der Waals surface area (Å²) in [5.74, 6) is -1.28. The van der Waals surface area contributed by atoms with Crippen molar-refractivity contribution in [2.75, 3.05) is 0 Å². The van der Waals surface area contributed by atoms with Gasteiger partial charge in [-0.05, 0) is 5.56 Å². The van der Waals surface area contributed by atoms with Crippen molar-refractivity contribution in [2.45, 2.75) is 6.42 Å². The number of carbonyl (C=O) groups is 1. The number of hydrogen-bond donors (Lipinski definition) is 1. The predicted molar refractivity (Wildman–Crippen MR) is 52.4 cm³/mol. The van der Waals surface area contributed by atoms with E-state index in [0.29, 0.717) is 12.3 Å². The van der Waals surface area contributed by atoms with Crippen LogP contribution >= 0.6 is 0 Å². The molecular weight excluding hydrogens is 219 g/mol. The van der Waals surface area contributed by atoms with Gasteiger partial charge in [0, 0.05) is 0 Å². The number of carboxylic acids is 1. The molecule has 84 valence electrons. The summed E-state index contributed by atoms with van der Waals surface area (Å²) >= 11 is 0. The van der Waals surface area contributed by atoms with Crippen molar-refractivity contribution in [3.05, 3.63) is 47.7 Å². The summed E-state index contributed by atoms with van der Waals surface area (Å²) in [6, 6.07) is 9.50. The van der Waals surface area contributed by atoms with Crippen molar-refractivity contribution in [1.29, 1.82) is 0 Å². The third-order valence-corrected chi connectivity index (χ3v) is 1.85. The molecule has 1 heterocycles. The normalized spacial score (nSPS) is 8.94. The van der Waals surface area contributed by atoms with Crippen LogP contribution in [0.4, 0.5) is 0 Å². The molecule has 0 unspecified atom stereocenters. The maximum absolute atomic E-state index is 10.5. The third-order valence-electron chi connectivity index (χ3n) is 1.85. The average molecular weight is 228 g/mol. The molecule has 0 spiro atoms. The first kappa shape index (κ1) is 15.4. The minimum atomic E-state index is -1.21. The summed E-state index contributed by atoms with van der Waals surface area (Å²) in [7, 11) is 0. The van der Waals surface area contributed by atoms with Gasteiger partial charge in [-0.3, -0.25) is 0 Å². The Morgan fingerprint density at radius 3 is 2.41 bits per heavy atom. The van der Waals surface area contributed by atoms with Crippen molar-refractivity contribution >= 4 is 5.97 Å². The number of carboxylic acid groups (broad SMARTS) is 1. The summed E-state index contributed by atoms with van der Waals surface area (Å²) in [6.07, 6.45) is 0.446. The zero-order valence-electron chi connectivity index (χ0n) is 9.20. The molecular formula is C10H9LiN2O4. The van der Waals surface area contributed by atoms with Crippen molar-refractivity contribution < 1.29 is 38.7 Å². The smallest absolute Gasteiger partial charge is 0.870 e. The molecule has 0 aliphatic heterocycles. The van der Waals surface area contributed by atoms with Gasteiger partial charge in [0.1, 0.15) is 0 Å². The fourth-order valence-electron chi connectivity index (χ4n) is 1.18. The van der Waals surface area contributed by atoms with E-state index in [0.717, 1.165) is 5.56 Å². The van der Waals surface area contributed by atoms with E-state index in [2.05, 4.69) is 10.2 Å². The molecule has 0 aliphatic carbocycles. The van der Waals surface area contributed by atoms with Crippen LogP contribution in [0.15, 0.2) is 34.7 Å². The Morgan fingerprint density at radius 1 is 1.24 bits per heavy atom. The summed E-state index contributed by atoms with van der Waals surface area (Å²) in [5, 5.41) is 15.6. The van der Waals surface area contributed by atoms with E-state index in [1.165, 1.54) is 0 Å². The Bertz CT molecular complexity index is 472. The molecule has 0 saturated carbocycles. The van der Waals surface area contributed by atoms with Crippen LogP contribution in [-0.4, -0.2) is 26.7 Å². The molecule has 6 nitrogen and oxygen atoms in total. The third kappa shape index (κ3) is 4.04. The van der Waals surface area contributed by atoms with Gasteiger partial charge in [-0.25, -0.2) is 4.79 Å². The molecule has 17 heavy (non-hydrogen) atoms. The Hall–Kier alpha value is -1.61. The second-order valence-corrected chi connectivity index (χ2v) is 2.97. The van der Waals surface area contributed by atoms with Crippen LogP contribution in [0.1, 0.15) is 22.1 Å². The quantitative estimate of drug-likeness (QED) is 0.620. The van der Waals surface area contributed by atoms with E-state index < -0.39 is 5.97 Å². The largest absolute Gasteiger partial charge is 1.00 e. The van der Waals surface area contributed by atoms with Gasteiger partial charge in [0.15, 0.2) is 0 Å². The van der Waals surface area contributed by atoms with Gasteiger partial charge in [0.2, 0.25) is 5.89 Å². The van der Waals surface area contributed by atoms with Gasteiger partial charge in [-0.1, -0.05) is 30.3 Å². The van der Waals surface area contributed by atoms with E-state index in [1.807, 2.05) is 30.3 Å². The number of hydrogen-bond acceptors (Lipinski definition) is 5. The van der Waals surface area contributed by atoms with Crippen molar-refractivity contribution in [1.82, 2.24) is 10.2 Å². The summed E-state index contributed by atoms with van der Waals surface area (Å²) in [5.41, 5.74) is 0.998. The molecule has 7 heteroatoms. The molecule has 0 bridgehead atoms. The first-order valence-corrected chi connectivity index (χ1v) is 4.35. The molecule has 0 atom stereocenters. The van der Waals surface area contributed by atoms with Gasteiger partial charge in [0.25, 0.3) is 0 Å². The van der Waals surface area contributed by atoms with E-state index in [9.17, 15) is 4.79 Å². The zero-order valence-corrected chi connectivity index (χ0v) is 9.20. The van der Waals surface area contributed by atoms with E-state index in [-0.39, 0.29) is 30.2 Å². The zero-order chi connectivity index (χ0) is 10.7. The Balaban J connectivity index is 0.00000128. The summed E-state index contributed by atoms with van der Waals surface area (Å²) in [4.78, 5) is 10.5. The van der Waals surface area contributed by atoms with Crippen LogP contribution in [-0.2, 0) is 6.42 Å². The summed E-state index contributed by atoms with van der Waals surface area (Å²) in [6.45, 7) is 0. The van der Waals surface area contributed by atoms with Crippen molar-refractivity contribution in [3.8, 4) is 0 Å². The Kier molecular flexibility index (Phi) is 6.21. The molecule has 2 N–H and O–H groups in total. The molecule has 0 aliphatic rings. The number of aromatic nitrogens is 2. The van der Waals surface area contributed by atoms with Gasteiger partial charge < -0.3 is 15.0 Å². The van der Waals surface area contributed by atoms with E-state index >= 15 is 0 Å². The topological polar surface area (TPSA) is 106 Å². The first-order chi connectivity index (χ1) is 7.25. The molecule has 0 amide bonds. The number of aromatic carboxylic acids is 1. The SMILES string of the molecule is O=C(O)c1nnc(Cc2ccccc2)o1.[Li+].[OH-]. The van der Waals surface area contributed by atoms with Crippen molar-refractivity contribution in [2.24, 2.45) is 0 Å². The van der Waals surface area contributed by atoms with Gasteiger partial charge >= 0.3 is 30.7 Å². The fourth-order valence-corrected chi connectivity index (χ4v) is 1.18. The predicted octanol–water partition coefficient (Wildman–Crippen LogP) is -1.81. The maximum atomic E-state index is 10.5. The van der Waals surface area contributed by atoms with Gasteiger partial charge in [-0.2, -0.15) is 0 Å². The number of nitrogens with zero attached hydrogens (tertiary/aromatic N) is 2. The van der Waals surface area contributed by atoms with E-state index in [1.54, 1.807) is 0 Å². The standard InChI is InChI=1S/C10H8N2O3.Li.H2O/c13-10(14)9-12-11-8(15-9)6-7-4-2-1-3-5-7;;/h1-5H,6H2,(H,13,14);;1H2/q;+1;/p-1. The molecule has 1 aromatic heterocycles. The summed E-state index contributed by atoms with van der Waals surface area (Å²) < 4.78 is 4.93. The van der Waals surface area contributed by atoms with Crippen LogP contribution in [0, 0.1) is 0 Å². The van der Waals surface area contributed by atoms with Gasteiger partial charge in [-0.15, -0.1) is 10.2 Å². The van der Waals surface area contributed by atoms with Crippen LogP contribution in [0.25, 0.3) is 0 Å². The molecule has 0 radical (unpaired) electrons. The molecule has 2 aromatic rings. The van der Waals surface area contributed by atoms with Crippen molar-refractivity contribution in [3.63, 3.8) is 0 Å². The average Bonchev–Trinajstić information content (AvgIpc) is 2.68. The second kappa shape index (κ2) is 6.86. The monoisotopic (exact) mass is 228 g/mol. The van der Waals surface area contributed by atoms with Crippen LogP contribution in [0.5, 0.6) is 0 Å². The van der Waals surface area contributed by atoms with E-state index in [4.69, 9.17) is 9.52 Å².